The minimum Gasteiger partial charge on any atom is -0.375 e. The van der Waals surface area contributed by atoms with Crippen LogP contribution in [-0.4, -0.2) is 31.6 Å². The molecule has 0 radical (unpaired) electrons. The van der Waals surface area contributed by atoms with Gasteiger partial charge in [0.05, 0.1) is 0 Å². The summed E-state index contributed by atoms with van der Waals surface area (Å²) in [6.45, 7) is 24.9. The first-order valence-corrected chi connectivity index (χ1v) is 18.9. The van der Waals surface area contributed by atoms with E-state index >= 15 is 0 Å². The van der Waals surface area contributed by atoms with E-state index in [1.165, 1.54) is 98.6 Å². The predicted molar refractivity (Wildman–Crippen MR) is 209 cm³/mol. The molecule has 0 aromatic heterocycles. The van der Waals surface area contributed by atoms with Gasteiger partial charge in [-0.3, -0.25) is 0 Å². The van der Waals surface area contributed by atoms with Gasteiger partial charge in [-0.25, -0.2) is 0 Å². The first-order chi connectivity index (χ1) is 21.7. The van der Waals surface area contributed by atoms with Crippen LogP contribution in [0.25, 0.3) is 6.08 Å². The minimum atomic E-state index is 0.501. The second kappa shape index (κ2) is 30.6. The number of nitrogens with zero attached hydrogens (tertiary/aromatic N) is 1. The molecule has 0 bridgehead atoms. The van der Waals surface area contributed by atoms with E-state index in [1.54, 1.807) is 0 Å². The van der Waals surface area contributed by atoms with E-state index in [9.17, 15) is 0 Å². The fourth-order valence-corrected chi connectivity index (χ4v) is 5.38. The van der Waals surface area contributed by atoms with E-state index in [0.29, 0.717) is 12.0 Å². The second-order valence-corrected chi connectivity index (χ2v) is 12.9. The van der Waals surface area contributed by atoms with E-state index in [2.05, 4.69) is 141 Å². The van der Waals surface area contributed by atoms with Crippen LogP contribution in [0.4, 0.5) is 0 Å². The fourth-order valence-electron chi connectivity index (χ4n) is 5.38. The van der Waals surface area contributed by atoms with Gasteiger partial charge in [0, 0.05) is 31.2 Å². The molecule has 0 saturated carbocycles. The Balaban J connectivity index is 0. The molecular formula is C43H78N2. The molecule has 0 amide bonds. The van der Waals surface area contributed by atoms with Crippen molar-refractivity contribution in [3.05, 3.63) is 76.5 Å². The molecule has 0 heterocycles. The molecule has 2 nitrogen and oxygen atoms in total. The molecule has 2 unspecified atom stereocenters. The van der Waals surface area contributed by atoms with Crippen LogP contribution in [-0.2, 0) is 0 Å². The lowest BCUT2D eigenvalue weighted by Gasteiger charge is -2.25. The number of rotatable bonds is 17. The molecule has 0 saturated heterocycles. The maximum Gasteiger partial charge on any atom is 0.0320 e. The average Bonchev–Trinajstić information content (AvgIpc) is 3.04. The van der Waals surface area contributed by atoms with Gasteiger partial charge in [0.2, 0.25) is 0 Å². The van der Waals surface area contributed by atoms with E-state index in [-0.39, 0.29) is 0 Å². The molecule has 1 aromatic rings. The van der Waals surface area contributed by atoms with Gasteiger partial charge >= 0.3 is 0 Å². The number of hydrogen-bond donors (Lipinski definition) is 1. The molecule has 2 heteroatoms. The highest BCUT2D eigenvalue weighted by Crippen LogP contribution is 2.29. The van der Waals surface area contributed by atoms with Crippen molar-refractivity contribution in [2.24, 2.45) is 5.92 Å². The van der Waals surface area contributed by atoms with Crippen LogP contribution in [0, 0.1) is 12.8 Å². The van der Waals surface area contributed by atoms with Crippen LogP contribution in [0.3, 0.4) is 0 Å². The highest BCUT2D eigenvalue weighted by atomic mass is 15.1. The maximum atomic E-state index is 3.32. The molecule has 0 spiro atoms. The average molecular weight is 623 g/mol. The van der Waals surface area contributed by atoms with Crippen LogP contribution in [0.5, 0.6) is 0 Å². The normalized spacial score (nSPS) is 14.4. The second-order valence-electron chi connectivity index (χ2n) is 12.9. The first kappa shape index (κ1) is 45.1. The minimum absolute atomic E-state index is 0.501. The number of benzene rings is 1. The Kier molecular flexibility index (Phi) is 30.6. The smallest absolute Gasteiger partial charge is 0.0320 e. The van der Waals surface area contributed by atoms with Gasteiger partial charge in [0.15, 0.2) is 0 Å². The topological polar surface area (TPSA) is 15.3 Å². The van der Waals surface area contributed by atoms with Crippen molar-refractivity contribution < 1.29 is 0 Å². The number of aryl methyl sites for hydroxylation is 1. The van der Waals surface area contributed by atoms with Crippen LogP contribution >= 0.6 is 0 Å². The van der Waals surface area contributed by atoms with Crippen molar-refractivity contribution in [3.63, 3.8) is 0 Å². The third-order valence-corrected chi connectivity index (χ3v) is 8.02. The summed E-state index contributed by atoms with van der Waals surface area (Å²) in [4.78, 5) is 2.42. The van der Waals surface area contributed by atoms with Gasteiger partial charge in [0.1, 0.15) is 0 Å². The van der Waals surface area contributed by atoms with E-state index in [4.69, 9.17) is 0 Å². The molecule has 0 aliphatic heterocycles. The lowest BCUT2D eigenvalue weighted by molar-refractivity contribution is 0.402. The lowest BCUT2D eigenvalue weighted by atomic mass is 9.89. The standard InChI is InChI=1S/C27H42N2.C11H22.C3H8.C2H6/c1-21(2)19-25-12-13-26(20-22(25)3)24-14-16-27(17-15-24)29(6)18-10-8-7-9-11-23(4)28-5;1-4-7-10-11(8-5-2)9-6-3;1-3-2;1-2/h12-14,16-17,19-20,23-24,28H,7-11,15,18H2,1-6H3;7,10-11H,4-6,8-9H2,1-3H3;3H2,1-2H3;1-2H3/b;10-7+;;. The summed E-state index contributed by atoms with van der Waals surface area (Å²) in [5.74, 6) is 1.35. The lowest BCUT2D eigenvalue weighted by Crippen LogP contribution is -2.21. The summed E-state index contributed by atoms with van der Waals surface area (Å²) < 4.78 is 0. The molecule has 1 aliphatic rings. The van der Waals surface area contributed by atoms with Crippen LogP contribution in [0.1, 0.15) is 169 Å². The number of likely N-dealkylation sites (N-methyl/N-ethyl adjacent to an activating group) is 1. The largest absolute Gasteiger partial charge is 0.375 e. The van der Waals surface area contributed by atoms with Gasteiger partial charge in [-0.15, -0.1) is 0 Å². The van der Waals surface area contributed by atoms with Crippen LogP contribution in [0.2, 0.25) is 0 Å². The van der Waals surface area contributed by atoms with E-state index in [1.807, 2.05) is 13.8 Å². The number of allylic oxidation sites excluding steroid dienone is 6. The van der Waals surface area contributed by atoms with E-state index in [0.717, 1.165) is 18.9 Å². The molecule has 2 rings (SSSR count). The quantitative estimate of drug-likeness (QED) is 0.137. The maximum absolute atomic E-state index is 3.32. The van der Waals surface area contributed by atoms with Gasteiger partial charge < -0.3 is 10.2 Å². The van der Waals surface area contributed by atoms with Gasteiger partial charge in [-0.05, 0) is 102 Å². The first-order valence-electron chi connectivity index (χ1n) is 18.9. The molecule has 0 fully saturated rings. The molecule has 2 atom stereocenters. The number of unbranched alkanes of at least 4 members (excludes halogenated alkanes) is 3. The zero-order valence-corrected chi connectivity index (χ0v) is 32.6. The summed E-state index contributed by atoms with van der Waals surface area (Å²) in [6.07, 6.45) is 29.6. The van der Waals surface area contributed by atoms with Gasteiger partial charge in [0.25, 0.3) is 0 Å². The van der Waals surface area contributed by atoms with Gasteiger partial charge in [-0.1, -0.05) is 141 Å². The van der Waals surface area contributed by atoms with Crippen molar-refractivity contribution in [3.8, 4) is 0 Å². The zero-order valence-electron chi connectivity index (χ0n) is 32.6. The highest BCUT2D eigenvalue weighted by molar-refractivity contribution is 5.57. The van der Waals surface area contributed by atoms with Crippen molar-refractivity contribution in [2.45, 2.75) is 165 Å². The van der Waals surface area contributed by atoms with Crippen molar-refractivity contribution >= 4 is 6.08 Å². The molecule has 1 N–H and O–H groups in total. The third-order valence-electron chi connectivity index (χ3n) is 8.02. The Bertz CT molecular complexity index is 925. The Morgan fingerprint density at radius 1 is 0.956 bits per heavy atom. The van der Waals surface area contributed by atoms with Crippen molar-refractivity contribution in [1.82, 2.24) is 10.2 Å². The Morgan fingerprint density at radius 2 is 1.58 bits per heavy atom. The number of hydrogen-bond acceptors (Lipinski definition) is 2. The fraction of sp³-hybridized carbons (Fsp3) is 0.674. The Morgan fingerprint density at radius 3 is 2.07 bits per heavy atom. The molecule has 1 aromatic carbocycles. The molecule has 1 aliphatic carbocycles. The van der Waals surface area contributed by atoms with Crippen molar-refractivity contribution in [2.75, 3.05) is 20.6 Å². The monoisotopic (exact) mass is 623 g/mol. The summed E-state index contributed by atoms with van der Waals surface area (Å²) >= 11 is 0. The summed E-state index contributed by atoms with van der Waals surface area (Å²) in [6, 6.07) is 7.58. The summed E-state index contributed by atoms with van der Waals surface area (Å²) in [7, 11) is 4.29. The van der Waals surface area contributed by atoms with E-state index < -0.39 is 0 Å². The van der Waals surface area contributed by atoms with Crippen LogP contribution in [0.15, 0.2) is 59.8 Å². The molecular weight excluding hydrogens is 544 g/mol. The Labute approximate surface area is 283 Å². The van der Waals surface area contributed by atoms with Crippen LogP contribution < -0.4 is 5.32 Å². The zero-order chi connectivity index (χ0) is 34.5. The Hall–Kier alpha value is -2.06. The van der Waals surface area contributed by atoms with Gasteiger partial charge in [-0.2, -0.15) is 0 Å². The third kappa shape index (κ3) is 23.0. The highest BCUT2D eigenvalue weighted by Gasteiger charge is 2.14. The predicted octanol–water partition coefficient (Wildman–Crippen LogP) is 13.4. The number of nitrogens with one attached hydrogen (secondary N) is 1. The molecule has 260 valence electrons. The van der Waals surface area contributed by atoms with Crippen molar-refractivity contribution in [1.29, 1.82) is 0 Å². The SMILES string of the molecule is CC.CC/C=C/C(CCC)CCC.CCC.CNC(C)CCCCCCN(C)C1=CCC(c2ccc(C=C(C)C)c(C)c2)C=C1. The summed E-state index contributed by atoms with van der Waals surface area (Å²) in [5.41, 5.74) is 6.86. The summed E-state index contributed by atoms with van der Waals surface area (Å²) in [5, 5.41) is 3.32. The molecule has 45 heavy (non-hydrogen) atoms.